The Morgan fingerprint density at radius 2 is 1.90 bits per heavy atom. The molecule has 158 valence electrons. The molecule has 2 heterocycles. The van der Waals surface area contributed by atoms with Crippen LogP contribution in [0.3, 0.4) is 0 Å². The number of rotatable bonds is 5. The third-order valence-corrected chi connectivity index (χ3v) is 5.56. The van der Waals surface area contributed by atoms with Gasteiger partial charge in [0.2, 0.25) is 0 Å². The smallest absolute Gasteiger partial charge is 0.355 e. The molecule has 2 aliphatic rings. The number of hydrazine groups is 1. The Hall–Kier alpha value is -2.88. The van der Waals surface area contributed by atoms with Crippen LogP contribution in [0.25, 0.3) is 0 Å². The average Bonchev–Trinajstić information content (AvgIpc) is 3.08. The number of urea groups is 1. The van der Waals surface area contributed by atoms with Gasteiger partial charge in [0.15, 0.2) is 6.61 Å². The number of amides is 4. The zero-order chi connectivity index (χ0) is 21.3. The number of aliphatic hydroxyl groups excluding tert-OH is 1. The first-order valence-electron chi connectivity index (χ1n) is 9.67. The van der Waals surface area contributed by atoms with E-state index in [2.05, 4.69) is 15.7 Å². The second-order valence-electron chi connectivity index (χ2n) is 7.66. The summed E-state index contributed by atoms with van der Waals surface area (Å²) in [5.74, 6) is -2.06. The fourth-order valence-electron chi connectivity index (χ4n) is 4.17. The highest BCUT2D eigenvalue weighted by atomic mass is 16.5. The van der Waals surface area contributed by atoms with E-state index in [0.717, 1.165) is 19.3 Å². The van der Waals surface area contributed by atoms with Crippen LogP contribution in [0, 0.1) is 13.8 Å². The number of aryl methyl sites for hydroxylation is 1. The minimum absolute atomic E-state index is 0.141. The van der Waals surface area contributed by atoms with Gasteiger partial charge in [-0.1, -0.05) is 19.3 Å². The van der Waals surface area contributed by atoms with Crippen LogP contribution in [-0.4, -0.2) is 51.1 Å². The molecule has 1 saturated heterocycles. The molecule has 10 heteroatoms. The Bertz CT molecular complexity index is 853. The number of hydrogen-bond donors (Lipinski definition) is 4. The summed E-state index contributed by atoms with van der Waals surface area (Å²) in [6.45, 7) is 4.31. The number of aliphatic hydroxyl groups is 1. The molecule has 1 aromatic rings. The van der Waals surface area contributed by atoms with Gasteiger partial charge in [0.05, 0.1) is 6.10 Å². The molecule has 29 heavy (non-hydrogen) atoms. The Kier molecular flexibility index (Phi) is 5.65. The Morgan fingerprint density at radius 3 is 2.48 bits per heavy atom. The van der Waals surface area contributed by atoms with Crippen LogP contribution in [0.2, 0.25) is 0 Å². The topological polar surface area (TPSA) is 141 Å². The molecule has 1 aromatic heterocycles. The van der Waals surface area contributed by atoms with Gasteiger partial charge in [-0.2, -0.15) is 5.01 Å². The number of hydrogen-bond acceptors (Lipinski definition) is 6. The predicted octanol–water partition coefficient (Wildman–Crippen LogP) is 1.13. The number of nitrogens with zero attached hydrogens (tertiary/aromatic N) is 1. The number of imide groups is 1. The first-order chi connectivity index (χ1) is 13.7. The largest absolute Gasteiger partial charge is 0.451 e. The number of nitrogens with one attached hydrogen (secondary N) is 3. The highest BCUT2D eigenvalue weighted by molar-refractivity contribution is 6.08. The minimum atomic E-state index is -0.949. The SMILES string of the molecule is Cc1[nH]c(C(=O)OCC(=O)NN2C(=O)NC3(CCCCC3)C2=O)c(C)c1[C@@H](C)O. The van der Waals surface area contributed by atoms with Crippen LogP contribution in [-0.2, 0) is 14.3 Å². The van der Waals surface area contributed by atoms with Crippen LogP contribution >= 0.6 is 0 Å². The lowest BCUT2D eigenvalue weighted by Gasteiger charge is -2.30. The van der Waals surface area contributed by atoms with E-state index in [1.807, 2.05) is 0 Å². The normalized spacial score (nSPS) is 19.2. The van der Waals surface area contributed by atoms with E-state index >= 15 is 0 Å². The van der Waals surface area contributed by atoms with Gasteiger partial charge in [-0.25, -0.2) is 9.59 Å². The van der Waals surface area contributed by atoms with Crippen molar-refractivity contribution in [3.63, 3.8) is 0 Å². The molecular formula is C19H26N4O6. The fourth-order valence-corrected chi connectivity index (χ4v) is 4.17. The maximum atomic E-state index is 12.6. The van der Waals surface area contributed by atoms with E-state index in [-0.39, 0.29) is 5.69 Å². The Balaban J connectivity index is 1.59. The van der Waals surface area contributed by atoms with Crippen LogP contribution < -0.4 is 10.7 Å². The van der Waals surface area contributed by atoms with Crippen molar-refractivity contribution in [2.24, 2.45) is 0 Å². The van der Waals surface area contributed by atoms with Gasteiger partial charge in [0.25, 0.3) is 11.8 Å². The molecule has 0 unspecified atom stereocenters. The lowest BCUT2D eigenvalue weighted by atomic mass is 9.82. The van der Waals surface area contributed by atoms with Gasteiger partial charge in [0.1, 0.15) is 11.2 Å². The summed E-state index contributed by atoms with van der Waals surface area (Å²) >= 11 is 0. The zero-order valence-corrected chi connectivity index (χ0v) is 16.8. The number of H-pyrrole nitrogens is 1. The summed E-state index contributed by atoms with van der Waals surface area (Å²) in [5, 5.41) is 13.1. The van der Waals surface area contributed by atoms with Crippen molar-refractivity contribution in [2.45, 2.75) is 64.5 Å². The first-order valence-corrected chi connectivity index (χ1v) is 9.67. The summed E-state index contributed by atoms with van der Waals surface area (Å²) in [6.07, 6.45) is 2.97. The van der Waals surface area contributed by atoms with Crippen molar-refractivity contribution >= 4 is 23.8 Å². The number of ether oxygens (including phenoxy) is 1. The molecule has 1 atom stereocenters. The highest BCUT2D eigenvalue weighted by Crippen LogP contribution is 2.33. The standard InChI is InChI=1S/C19H26N4O6/c1-10-14(12(3)24)11(2)20-15(10)16(26)29-9-13(25)22-23-17(27)19(21-18(23)28)7-5-4-6-8-19/h12,20,24H,4-9H2,1-3H3,(H,21,28)(H,22,25)/t12-/m1/s1. The molecule has 10 nitrogen and oxygen atoms in total. The summed E-state index contributed by atoms with van der Waals surface area (Å²) in [7, 11) is 0. The van der Waals surface area contributed by atoms with Gasteiger partial charge >= 0.3 is 12.0 Å². The van der Waals surface area contributed by atoms with Crippen molar-refractivity contribution in [2.75, 3.05) is 6.61 Å². The van der Waals surface area contributed by atoms with Gasteiger partial charge in [-0.3, -0.25) is 15.0 Å². The van der Waals surface area contributed by atoms with E-state index < -0.39 is 42.1 Å². The number of aromatic nitrogens is 1. The van der Waals surface area contributed by atoms with Gasteiger partial charge in [0, 0.05) is 11.3 Å². The Morgan fingerprint density at radius 1 is 1.24 bits per heavy atom. The molecule has 4 amide bonds. The van der Waals surface area contributed by atoms with E-state index in [9.17, 15) is 24.3 Å². The van der Waals surface area contributed by atoms with Crippen LogP contribution in [0.15, 0.2) is 0 Å². The summed E-state index contributed by atoms with van der Waals surface area (Å²) in [6, 6.07) is -0.686. The number of carbonyl (C=O) groups excluding carboxylic acids is 4. The monoisotopic (exact) mass is 406 g/mol. The lowest BCUT2D eigenvalue weighted by molar-refractivity contribution is -0.140. The first kappa shape index (κ1) is 20.8. The van der Waals surface area contributed by atoms with Gasteiger partial charge in [-0.05, 0) is 39.2 Å². The maximum Gasteiger partial charge on any atom is 0.355 e. The van der Waals surface area contributed by atoms with Crippen molar-refractivity contribution in [1.82, 2.24) is 20.7 Å². The second kappa shape index (κ2) is 7.86. The van der Waals surface area contributed by atoms with Gasteiger partial charge < -0.3 is 20.1 Å². The molecule has 2 fully saturated rings. The van der Waals surface area contributed by atoms with E-state index in [1.54, 1.807) is 20.8 Å². The molecule has 1 saturated carbocycles. The molecule has 0 bridgehead atoms. The van der Waals surface area contributed by atoms with Crippen LogP contribution in [0.1, 0.15) is 72.4 Å². The van der Waals surface area contributed by atoms with Crippen LogP contribution in [0.4, 0.5) is 4.79 Å². The molecule has 4 N–H and O–H groups in total. The highest BCUT2D eigenvalue weighted by Gasteiger charge is 2.52. The van der Waals surface area contributed by atoms with E-state index in [0.29, 0.717) is 34.7 Å². The quantitative estimate of drug-likeness (QED) is 0.427. The van der Waals surface area contributed by atoms with Gasteiger partial charge in [-0.15, -0.1) is 0 Å². The molecule has 0 aromatic carbocycles. The predicted molar refractivity (Wildman–Crippen MR) is 101 cm³/mol. The minimum Gasteiger partial charge on any atom is -0.451 e. The zero-order valence-electron chi connectivity index (χ0n) is 16.8. The van der Waals surface area contributed by atoms with Crippen molar-refractivity contribution in [3.05, 3.63) is 22.5 Å². The summed E-state index contributed by atoms with van der Waals surface area (Å²) < 4.78 is 5.00. The lowest BCUT2D eigenvalue weighted by Crippen LogP contribution is -2.51. The van der Waals surface area contributed by atoms with Crippen molar-refractivity contribution in [3.8, 4) is 0 Å². The number of carbonyl (C=O) groups is 4. The molecule has 0 radical (unpaired) electrons. The third kappa shape index (κ3) is 3.84. The van der Waals surface area contributed by atoms with Crippen molar-refractivity contribution < 1.29 is 29.0 Å². The molecule has 3 rings (SSSR count). The maximum absolute atomic E-state index is 12.6. The third-order valence-electron chi connectivity index (χ3n) is 5.56. The number of aromatic amines is 1. The van der Waals surface area contributed by atoms with Crippen LogP contribution in [0.5, 0.6) is 0 Å². The van der Waals surface area contributed by atoms with Crippen molar-refractivity contribution in [1.29, 1.82) is 0 Å². The summed E-state index contributed by atoms with van der Waals surface area (Å²) in [4.78, 5) is 52.1. The molecular weight excluding hydrogens is 380 g/mol. The molecule has 1 aliphatic heterocycles. The average molecular weight is 406 g/mol. The Labute approximate surface area is 167 Å². The number of esters is 1. The van der Waals surface area contributed by atoms with E-state index in [4.69, 9.17) is 4.74 Å². The summed E-state index contributed by atoms with van der Waals surface area (Å²) in [5.41, 5.74) is 3.17. The van der Waals surface area contributed by atoms with E-state index in [1.165, 1.54) is 0 Å². The fraction of sp³-hybridized carbons (Fsp3) is 0.579. The second-order valence-corrected chi connectivity index (χ2v) is 7.66. The molecule has 1 spiro atoms. The molecule has 1 aliphatic carbocycles.